The first-order chi connectivity index (χ1) is 15.1. The molecule has 0 radical (unpaired) electrons. The SMILES string of the molecule is CC(C)CC(=O)N(Cc1cc(Cl)ccc1OS(=O)(=O)c1ccc(F)cc1)C[C@H]1CCCO1. The largest absolute Gasteiger partial charge is 0.379 e. The maximum absolute atomic E-state index is 13.2. The van der Waals surface area contributed by atoms with E-state index >= 15 is 0 Å². The average Bonchev–Trinajstić information content (AvgIpc) is 3.22. The summed E-state index contributed by atoms with van der Waals surface area (Å²) >= 11 is 6.17. The molecule has 3 rings (SSSR count). The summed E-state index contributed by atoms with van der Waals surface area (Å²) in [6, 6.07) is 8.92. The van der Waals surface area contributed by atoms with Gasteiger partial charge < -0.3 is 13.8 Å². The third-order valence-electron chi connectivity index (χ3n) is 5.07. The topological polar surface area (TPSA) is 72.9 Å². The van der Waals surface area contributed by atoms with Gasteiger partial charge in [0.1, 0.15) is 16.5 Å². The number of halogens is 2. The third-order valence-corrected chi connectivity index (χ3v) is 6.55. The molecule has 0 aromatic heterocycles. The molecule has 1 fully saturated rings. The molecule has 1 atom stereocenters. The Hall–Kier alpha value is -2.16. The Balaban J connectivity index is 1.87. The van der Waals surface area contributed by atoms with Gasteiger partial charge in [-0.1, -0.05) is 25.4 Å². The standard InChI is InChI=1S/C23H27ClFNO5S/c1-16(2)12-23(27)26(15-20-4-3-11-30-20)14-17-13-18(24)5-10-22(17)31-32(28,29)21-8-6-19(25)7-9-21/h5-10,13,16,20H,3-4,11-12,14-15H2,1-2H3/t20-/m1/s1. The van der Waals surface area contributed by atoms with Crippen LogP contribution in [0.5, 0.6) is 5.75 Å². The second-order valence-electron chi connectivity index (χ2n) is 8.25. The molecule has 0 N–H and O–H groups in total. The van der Waals surface area contributed by atoms with Gasteiger partial charge >= 0.3 is 10.1 Å². The van der Waals surface area contributed by atoms with Gasteiger partial charge in [0, 0.05) is 36.7 Å². The molecule has 1 saturated heterocycles. The van der Waals surface area contributed by atoms with Crippen molar-refractivity contribution in [3.63, 3.8) is 0 Å². The molecule has 1 aliphatic heterocycles. The number of nitrogens with zero attached hydrogens (tertiary/aromatic N) is 1. The molecule has 2 aromatic carbocycles. The van der Waals surface area contributed by atoms with Crippen molar-refractivity contribution in [1.29, 1.82) is 0 Å². The number of hydrogen-bond acceptors (Lipinski definition) is 5. The quantitative estimate of drug-likeness (QED) is 0.479. The number of amides is 1. The molecule has 1 aliphatic rings. The van der Waals surface area contributed by atoms with Gasteiger partial charge in [-0.25, -0.2) is 4.39 Å². The maximum atomic E-state index is 13.2. The Morgan fingerprint density at radius 1 is 1.25 bits per heavy atom. The van der Waals surface area contributed by atoms with Crippen molar-refractivity contribution in [2.24, 2.45) is 5.92 Å². The van der Waals surface area contributed by atoms with Gasteiger partial charge in [-0.05, 0) is 61.2 Å². The maximum Gasteiger partial charge on any atom is 0.339 e. The van der Waals surface area contributed by atoms with E-state index in [0.717, 1.165) is 37.1 Å². The average molecular weight is 484 g/mol. The van der Waals surface area contributed by atoms with Gasteiger partial charge in [0.2, 0.25) is 5.91 Å². The first-order valence-corrected chi connectivity index (χ1v) is 12.3. The molecule has 6 nitrogen and oxygen atoms in total. The second kappa shape index (κ2) is 10.6. The number of hydrogen-bond donors (Lipinski definition) is 0. The lowest BCUT2D eigenvalue weighted by Crippen LogP contribution is -2.37. The second-order valence-corrected chi connectivity index (χ2v) is 10.2. The first kappa shape index (κ1) is 24.5. The molecule has 32 heavy (non-hydrogen) atoms. The Bertz CT molecular complexity index is 1040. The van der Waals surface area contributed by atoms with Crippen LogP contribution < -0.4 is 4.18 Å². The number of rotatable bonds is 9. The van der Waals surface area contributed by atoms with E-state index in [1.807, 2.05) is 13.8 Å². The Labute approximate surface area is 193 Å². The molecule has 9 heteroatoms. The number of carbonyl (C=O) groups excluding carboxylic acids is 1. The van der Waals surface area contributed by atoms with E-state index in [1.165, 1.54) is 12.1 Å². The highest BCUT2D eigenvalue weighted by atomic mass is 35.5. The zero-order valence-corrected chi connectivity index (χ0v) is 19.7. The summed E-state index contributed by atoms with van der Waals surface area (Å²) in [5.41, 5.74) is 0.457. The van der Waals surface area contributed by atoms with Gasteiger partial charge in [0.15, 0.2) is 0 Å². The molecule has 1 heterocycles. The lowest BCUT2D eigenvalue weighted by Gasteiger charge is -2.27. The van der Waals surface area contributed by atoms with Crippen molar-refractivity contribution < 1.29 is 26.5 Å². The van der Waals surface area contributed by atoms with Crippen LogP contribution in [0.25, 0.3) is 0 Å². The Morgan fingerprint density at radius 3 is 2.59 bits per heavy atom. The molecule has 0 aliphatic carbocycles. The summed E-state index contributed by atoms with van der Waals surface area (Å²) in [6.45, 7) is 5.12. The minimum atomic E-state index is -4.20. The van der Waals surface area contributed by atoms with Crippen LogP contribution in [0.2, 0.25) is 5.02 Å². The van der Waals surface area contributed by atoms with Crippen molar-refractivity contribution in [1.82, 2.24) is 4.90 Å². The number of carbonyl (C=O) groups is 1. The van der Waals surface area contributed by atoms with Gasteiger partial charge in [-0.3, -0.25) is 4.79 Å². The van der Waals surface area contributed by atoms with E-state index in [9.17, 15) is 17.6 Å². The minimum Gasteiger partial charge on any atom is -0.379 e. The van der Waals surface area contributed by atoms with Crippen molar-refractivity contribution in [2.45, 2.75) is 50.7 Å². The zero-order valence-electron chi connectivity index (χ0n) is 18.1. The Kier molecular flexibility index (Phi) is 8.14. The molecule has 0 unspecified atom stereocenters. The third kappa shape index (κ3) is 6.67. The van der Waals surface area contributed by atoms with E-state index in [2.05, 4.69) is 0 Å². The van der Waals surface area contributed by atoms with Crippen LogP contribution in [0.15, 0.2) is 47.4 Å². The smallest absolute Gasteiger partial charge is 0.339 e. The summed E-state index contributed by atoms with van der Waals surface area (Å²) < 4.78 is 49.7. The van der Waals surface area contributed by atoms with Crippen LogP contribution in [0.4, 0.5) is 4.39 Å². The van der Waals surface area contributed by atoms with E-state index < -0.39 is 15.9 Å². The van der Waals surface area contributed by atoms with Gasteiger partial charge in [0.25, 0.3) is 0 Å². The first-order valence-electron chi connectivity index (χ1n) is 10.5. The normalized spacial score (nSPS) is 16.3. The molecular weight excluding hydrogens is 457 g/mol. The molecular formula is C23H27ClFNO5S. The fraction of sp³-hybridized carbons (Fsp3) is 0.435. The molecule has 174 valence electrons. The van der Waals surface area contributed by atoms with Crippen molar-refractivity contribution in [3.05, 3.63) is 58.9 Å². The van der Waals surface area contributed by atoms with Gasteiger partial charge in [0.05, 0.1) is 6.10 Å². The van der Waals surface area contributed by atoms with Crippen LogP contribution >= 0.6 is 11.6 Å². The Morgan fingerprint density at radius 2 is 1.97 bits per heavy atom. The minimum absolute atomic E-state index is 0.0529. The highest BCUT2D eigenvalue weighted by Crippen LogP contribution is 2.28. The van der Waals surface area contributed by atoms with Crippen LogP contribution in [-0.2, 0) is 26.2 Å². The molecule has 2 aromatic rings. The van der Waals surface area contributed by atoms with Crippen molar-refractivity contribution >= 4 is 27.6 Å². The highest BCUT2D eigenvalue weighted by molar-refractivity contribution is 7.87. The molecule has 0 spiro atoms. The van der Waals surface area contributed by atoms with Crippen LogP contribution in [0.3, 0.4) is 0 Å². The molecule has 0 bridgehead atoms. The number of benzene rings is 2. The van der Waals surface area contributed by atoms with Crippen molar-refractivity contribution in [2.75, 3.05) is 13.2 Å². The monoisotopic (exact) mass is 483 g/mol. The lowest BCUT2D eigenvalue weighted by atomic mass is 10.1. The van der Waals surface area contributed by atoms with Crippen LogP contribution in [0, 0.1) is 11.7 Å². The summed E-state index contributed by atoms with van der Waals surface area (Å²) in [6.07, 6.45) is 2.11. The van der Waals surface area contributed by atoms with Gasteiger partial charge in [-0.2, -0.15) is 8.42 Å². The molecule has 1 amide bonds. The highest BCUT2D eigenvalue weighted by Gasteiger charge is 2.25. The van der Waals surface area contributed by atoms with E-state index in [1.54, 1.807) is 11.0 Å². The van der Waals surface area contributed by atoms with E-state index in [-0.39, 0.29) is 35.1 Å². The van der Waals surface area contributed by atoms with Crippen LogP contribution in [-0.4, -0.2) is 38.5 Å². The van der Waals surface area contributed by atoms with E-state index in [0.29, 0.717) is 30.2 Å². The zero-order chi connectivity index (χ0) is 23.3. The lowest BCUT2D eigenvalue weighted by molar-refractivity contribution is -0.134. The fourth-order valence-corrected chi connectivity index (χ4v) is 4.65. The fourth-order valence-electron chi connectivity index (χ4n) is 3.49. The molecule has 0 saturated carbocycles. The predicted octanol–water partition coefficient (Wildman–Crippen LogP) is 4.80. The van der Waals surface area contributed by atoms with Crippen LogP contribution in [0.1, 0.15) is 38.7 Å². The summed E-state index contributed by atoms with van der Waals surface area (Å²) in [4.78, 5) is 14.4. The summed E-state index contributed by atoms with van der Waals surface area (Å²) in [7, 11) is -4.20. The van der Waals surface area contributed by atoms with E-state index in [4.69, 9.17) is 20.5 Å². The predicted molar refractivity (Wildman–Crippen MR) is 120 cm³/mol. The number of ether oxygens (including phenoxy) is 1. The summed E-state index contributed by atoms with van der Waals surface area (Å²) in [5.74, 6) is -0.371. The van der Waals surface area contributed by atoms with Crippen molar-refractivity contribution in [3.8, 4) is 5.75 Å². The van der Waals surface area contributed by atoms with Gasteiger partial charge in [-0.15, -0.1) is 0 Å². The summed E-state index contributed by atoms with van der Waals surface area (Å²) in [5, 5.41) is 0.389.